The first-order valence-electron chi connectivity index (χ1n) is 5.79. The zero-order valence-corrected chi connectivity index (χ0v) is 10.7. The van der Waals surface area contributed by atoms with Crippen molar-refractivity contribution in [2.75, 3.05) is 33.9 Å². The van der Waals surface area contributed by atoms with Gasteiger partial charge in [0.1, 0.15) is 18.2 Å². The number of halogens is 1. The summed E-state index contributed by atoms with van der Waals surface area (Å²) in [4.78, 5) is 1.99. The van der Waals surface area contributed by atoms with Crippen molar-refractivity contribution in [1.29, 1.82) is 0 Å². The number of hydrogen-bond donors (Lipinski definition) is 1. The lowest BCUT2D eigenvalue weighted by atomic mass is 10.2. The van der Waals surface area contributed by atoms with Gasteiger partial charge in [-0.1, -0.05) is 11.8 Å². The Morgan fingerprint density at radius 3 is 2.78 bits per heavy atom. The number of aliphatic hydroxyl groups is 1. The van der Waals surface area contributed by atoms with E-state index in [4.69, 9.17) is 9.84 Å². The highest BCUT2D eigenvalue weighted by Crippen LogP contribution is 2.15. The monoisotopic (exact) mass is 251 g/mol. The highest BCUT2D eigenvalue weighted by molar-refractivity contribution is 5.40. The second-order valence-electron chi connectivity index (χ2n) is 4.10. The number of benzene rings is 1. The van der Waals surface area contributed by atoms with Gasteiger partial charge in [-0.25, -0.2) is 4.39 Å². The molecule has 0 saturated heterocycles. The molecule has 0 aromatic heterocycles. The van der Waals surface area contributed by atoms with E-state index in [0.717, 1.165) is 6.54 Å². The van der Waals surface area contributed by atoms with Gasteiger partial charge < -0.3 is 14.7 Å². The van der Waals surface area contributed by atoms with Gasteiger partial charge in [0, 0.05) is 24.6 Å². The number of likely N-dealkylation sites (N-methyl/N-ethyl adjacent to an activating group) is 1. The van der Waals surface area contributed by atoms with E-state index in [1.807, 2.05) is 19.0 Å². The van der Waals surface area contributed by atoms with Gasteiger partial charge in [0.05, 0.1) is 6.61 Å². The number of hydrogen-bond acceptors (Lipinski definition) is 3. The Bertz CT molecular complexity index is 435. The average Bonchev–Trinajstić information content (AvgIpc) is 2.28. The maximum atomic E-state index is 13.3. The number of rotatable bonds is 5. The van der Waals surface area contributed by atoms with E-state index in [2.05, 4.69) is 11.8 Å². The second-order valence-corrected chi connectivity index (χ2v) is 4.10. The minimum atomic E-state index is -0.370. The molecule has 1 aromatic rings. The maximum absolute atomic E-state index is 13.3. The molecule has 0 fully saturated rings. The summed E-state index contributed by atoms with van der Waals surface area (Å²) in [6, 6.07) is 4.39. The number of aliphatic hydroxyl groups excluding tert-OH is 1. The molecule has 0 amide bonds. The van der Waals surface area contributed by atoms with Crippen LogP contribution in [0, 0.1) is 17.7 Å². The van der Waals surface area contributed by atoms with Crippen LogP contribution in [0.2, 0.25) is 0 Å². The van der Waals surface area contributed by atoms with E-state index in [9.17, 15) is 4.39 Å². The van der Waals surface area contributed by atoms with Crippen LogP contribution in [0.4, 0.5) is 4.39 Å². The molecule has 0 unspecified atom stereocenters. The van der Waals surface area contributed by atoms with Crippen LogP contribution in [0.25, 0.3) is 0 Å². The van der Waals surface area contributed by atoms with Crippen molar-refractivity contribution in [1.82, 2.24) is 4.90 Å². The average molecular weight is 251 g/mol. The van der Waals surface area contributed by atoms with Crippen LogP contribution in [-0.4, -0.2) is 43.9 Å². The van der Waals surface area contributed by atoms with Crippen LogP contribution in [0.15, 0.2) is 18.2 Å². The maximum Gasteiger partial charge on any atom is 0.128 e. The van der Waals surface area contributed by atoms with E-state index >= 15 is 0 Å². The fourth-order valence-electron chi connectivity index (χ4n) is 1.28. The van der Waals surface area contributed by atoms with Crippen LogP contribution >= 0.6 is 0 Å². The summed E-state index contributed by atoms with van der Waals surface area (Å²) in [6.07, 6.45) is 0.382. The molecule has 4 heteroatoms. The predicted molar refractivity (Wildman–Crippen MR) is 69.0 cm³/mol. The van der Waals surface area contributed by atoms with Gasteiger partial charge in [-0.2, -0.15) is 0 Å². The van der Waals surface area contributed by atoms with Crippen LogP contribution < -0.4 is 4.74 Å². The normalized spacial score (nSPS) is 10.1. The Hall–Kier alpha value is -1.57. The molecule has 0 aliphatic heterocycles. The lowest BCUT2D eigenvalue weighted by Crippen LogP contribution is -2.19. The Kier molecular flexibility index (Phi) is 6.20. The van der Waals surface area contributed by atoms with Gasteiger partial charge in [-0.15, -0.1) is 0 Å². The molecule has 0 spiro atoms. The van der Waals surface area contributed by atoms with Crippen LogP contribution in [0.5, 0.6) is 5.75 Å². The smallest absolute Gasteiger partial charge is 0.128 e. The highest BCUT2D eigenvalue weighted by atomic mass is 19.1. The van der Waals surface area contributed by atoms with Gasteiger partial charge in [0.15, 0.2) is 0 Å². The minimum absolute atomic E-state index is 0.00844. The van der Waals surface area contributed by atoms with E-state index in [0.29, 0.717) is 24.3 Å². The summed E-state index contributed by atoms with van der Waals surface area (Å²) in [5.74, 6) is 5.64. The Labute approximate surface area is 107 Å². The van der Waals surface area contributed by atoms with Crippen molar-refractivity contribution in [3.8, 4) is 17.6 Å². The SMILES string of the molecule is CN(C)CCOc1cc(F)cc(C#CCCO)c1. The Morgan fingerprint density at radius 2 is 2.11 bits per heavy atom. The molecule has 1 N–H and O–H groups in total. The fourth-order valence-corrected chi connectivity index (χ4v) is 1.28. The summed E-state index contributed by atoms with van der Waals surface area (Å²) in [5, 5.41) is 8.62. The lowest BCUT2D eigenvalue weighted by Gasteiger charge is -2.11. The van der Waals surface area contributed by atoms with Gasteiger partial charge in [0.25, 0.3) is 0 Å². The van der Waals surface area contributed by atoms with Gasteiger partial charge in [-0.05, 0) is 26.2 Å². The van der Waals surface area contributed by atoms with Crippen molar-refractivity contribution < 1.29 is 14.2 Å². The standard InChI is InChI=1S/C14H18FNO2/c1-16(2)6-8-18-14-10-12(5-3-4-7-17)9-13(15)11-14/h9-11,17H,4,6-8H2,1-2H3. The fraction of sp³-hybridized carbons (Fsp3) is 0.429. The third kappa shape index (κ3) is 5.67. The summed E-state index contributed by atoms with van der Waals surface area (Å²) < 4.78 is 18.8. The van der Waals surface area contributed by atoms with Gasteiger partial charge >= 0.3 is 0 Å². The largest absolute Gasteiger partial charge is 0.492 e. The molecule has 0 bridgehead atoms. The first-order chi connectivity index (χ1) is 8.61. The molecule has 0 heterocycles. The van der Waals surface area contributed by atoms with E-state index in [1.54, 1.807) is 6.07 Å². The topological polar surface area (TPSA) is 32.7 Å². The number of ether oxygens (including phenoxy) is 1. The van der Waals surface area contributed by atoms with Crippen LogP contribution in [0.3, 0.4) is 0 Å². The molecule has 0 aliphatic rings. The van der Waals surface area contributed by atoms with Gasteiger partial charge in [-0.3, -0.25) is 0 Å². The predicted octanol–water partition coefficient (Wildman–Crippen LogP) is 1.50. The molecule has 18 heavy (non-hydrogen) atoms. The third-order valence-electron chi connectivity index (χ3n) is 2.15. The quantitative estimate of drug-likeness (QED) is 0.805. The van der Waals surface area contributed by atoms with Crippen molar-refractivity contribution in [3.63, 3.8) is 0 Å². The zero-order chi connectivity index (χ0) is 13.4. The Morgan fingerprint density at radius 1 is 1.33 bits per heavy atom. The van der Waals surface area contributed by atoms with Crippen molar-refractivity contribution in [2.45, 2.75) is 6.42 Å². The molecule has 98 valence electrons. The van der Waals surface area contributed by atoms with Crippen molar-refractivity contribution in [2.24, 2.45) is 0 Å². The molecule has 0 atom stereocenters. The van der Waals surface area contributed by atoms with Gasteiger partial charge in [0.2, 0.25) is 0 Å². The molecule has 0 radical (unpaired) electrons. The van der Waals surface area contributed by atoms with Crippen LogP contribution in [-0.2, 0) is 0 Å². The molecule has 1 aromatic carbocycles. The molecular formula is C14H18FNO2. The summed E-state index contributed by atoms with van der Waals surface area (Å²) in [6.45, 7) is 1.27. The van der Waals surface area contributed by atoms with E-state index < -0.39 is 0 Å². The van der Waals surface area contributed by atoms with E-state index in [-0.39, 0.29) is 12.4 Å². The molecule has 0 saturated carbocycles. The van der Waals surface area contributed by atoms with Crippen LogP contribution in [0.1, 0.15) is 12.0 Å². The molecule has 1 rings (SSSR count). The highest BCUT2D eigenvalue weighted by Gasteiger charge is 2.00. The second kappa shape index (κ2) is 7.70. The first-order valence-corrected chi connectivity index (χ1v) is 5.79. The van der Waals surface area contributed by atoms with Crippen molar-refractivity contribution >= 4 is 0 Å². The van der Waals surface area contributed by atoms with Crippen molar-refractivity contribution in [3.05, 3.63) is 29.6 Å². The molecular weight excluding hydrogens is 233 g/mol. The molecule has 3 nitrogen and oxygen atoms in total. The third-order valence-corrected chi connectivity index (χ3v) is 2.15. The lowest BCUT2D eigenvalue weighted by molar-refractivity contribution is 0.260. The summed E-state index contributed by atoms with van der Waals surface area (Å²) >= 11 is 0. The zero-order valence-electron chi connectivity index (χ0n) is 10.7. The summed E-state index contributed by atoms with van der Waals surface area (Å²) in [5.41, 5.74) is 0.559. The number of nitrogens with zero attached hydrogens (tertiary/aromatic N) is 1. The minimum Gasteiger partial charge on any atom is -0.492 e. The Balaban J connectivity index is 2.66. The molecule has 0 aliphatic carbocycles. The first kappa shape index (κ1) is 14.5. The van der Waals surface area contributed by atoms with E-state index in [1.165, 1.54) is 12.1 Å². The summed E-state index contributed by atoms with van der Waals surface area (Å²) in [7, 11) is 3.89.